The fraction of sp³-hybridized carbons (Fsp3) is 0.400. The van der Waals surface area contributed by atoms with Gasteiger partial charge in [-0.05, 0) is 31.9 Å². The molecule has 110 valence electrons. The summed E-state index contributed by atoms with van der Waals surface area (Å²) in [6, 6.07) is 3.26. The first-order valence-electron chi connectivity index (χ1n) is 7.09. The van der Waals surface area contributed by atoms with Gasteiger partial charge in [-0.2, -0.15) is 4.39 Å². The number of carbonyl (C=O) groups is 1. The molecule has 0 N–H and O–H groups in total. The van der Waals surface area contributed by atoms with Crippen molar-refractivity contribution < 1.29 is 13.9 Å². The molecular weight excluding hydrogens is 273 g/mol. The SMILES string of the molecule is CCOC(=O)c1nc2n(c1-c1cccnc1F)CCCC2. The highest BCUT2D eigenvalue weighted by atomic mass is 19.1. The molecule has 0 radical (unpaired) electrons. The van der Waals surface area contributed by atoms with Gasteiger partial charge in [0.2, 0.25) is 5.95 Å². The molecule has 3 rings (SSSR count). The van der Waals surface area contributed by atoms with Crippen LogP contribution in [0.15, 0.2) is 18.3 Å². The van der Waals surface area contributed by atoms with Crippen LogP contribution in [0.3, 0.4) is 0 Å². The number of fused-ring (bicyclic) bond motifs is 1. The van der Waals surface area contributed by atoms with Gasteiger partial charge in [-0.3, -0.25) is 0 Å². The number of imidazole rings is 1. The number of ether oxygens (including phenoxy) is 1. The fourth-order valence-corrected chi connectivity index (χ4v) is 2.66. The van der Waals surface area contributed by atoms with Crippen LogP contribution in [0.25, 0.3) is 11.3 Å². The molecule has 0 fully saturated rings. The van der Waals surface area contributed by atoms with Crippen LogP contribution in [0.5, 0.6) is 0 Å². The maximum atomic E-state index is 14.0. The minimum Gasteiger partial charge on any atom is -0.461 e. The summed E-state index contributed by atoms with van der Waals surface area (Å²) in [6.45, 7) is 2.72. The highest BCUT2D eigenvalue weighted by Gasteiger charge is 2.27. The Morgan fingerprint density at radius 1 is 1.48 bits per heavy atom. The normalized spacial score (nSPS) is 13.8. The van der Waals surface area contributed by atoms with Crippen molar-refractivity contribution in [2.24, 2.45) is 0 Å². The Morgan fingerprint density at radius 2 is 2.33 bits per heavy atom. The first-order valence-corrected chi connectivity index (χ1v) is 7.09. The zero-order valence-corrected chi connectivity index (χ0v) is 11.8. The van der Waals surface area contributed by atoms with Crippen molar-refractivity contribution in [1.29, 1.82) is 0 Å². The van der Waals surface area contributed by atoms with Crippen LogP contribution < -0.4 is 0 Å². The number of aryl methyl sites for hydroxylation is 1. The highest BCUT2D eigenvalue weighted by molar-refractivity contribution is 5.94. The van der Waals surface area contributed by atoms with Gasteiger partial charge in [-0.15, -0.1) is 0 Å². The topological polar surface area (TPSA) is 57.0 Å². The minimum atomic E-state index is -0.601. The van der Waals surface area contributed by atoms with E-state index in [1.165, 1.54) is 6.20 Å². The minimum absolute atomic E-state index is 0.181. The number of aromatic nitrogens is 3. The van der Waals surface area contributed by atoms with Gasteiger partial charge in [-0.25, -0.2) is 14.8 Å². The zero-order chi connectivity index (χ0) is 14.8. The van der Waals surface area contributed by atoms with Gasteiger partial charge >= 0.3 is 5.97 Å². The van der Waals surface area contributed by atoms with Crippen molar-refractivity contribution in [3.05, 3.63) is 35.8 Å². The summed E-state index contributed by atoms with van der Waals surface area (Å²) in [5.41, 5.74) is 0.954. The molecule has 21 heavy (non-hydrogen) atoms. The number of halogens is 1. The van der Waals surface area contributed by atoms with Gasteiger partial charge in [0.15, 0.2) is 5.69 Å². The number of carbonyl (C=O) groups excluding carboxylic acids is 1. The Bertz CT molecular complexity index is 682. The molecule has 0 atom stereocenters. The number of pyridine rings is 1. The molecule has 0 saturated carbocycles. The fourth-order valence-electron chi connectivity index (χ4n) is 2.66. The Hall–Kier alpha value is -2.24. The number of hydrogen-bond acceptors (Lipinski definition) is 4. The van der Waals surface area contributed by atoms with Crippen molar-refractivity contribution in [2.45, 2.75) is 32.7 Å². The number of rotatable bonds is 3. The van der Waals surface area contributed by atoms with E-state index in [2.05, 4.69) is 9.97 Å². The second-order valence-electron chi connectivity index (χ2n) is 4.90. The predicted octanol–water partition coefficient (Wildman–Crippen LogP) is 2.60. The van der Waals surface area contributed by atoms with Crippen LogP contribution in [0.4, 0.5) is 4.39 Å². The summed E-state index contributed by atoms with van der Waals surface area (Å²) in [5, 5.41) is 0. The Balaban J connectivity index is 2.19. The van der Waals surface area contributed by atoms with E-state index in [9.17, 15) is 9.18 Å². The Kier molecular flexibility index (Phi) is 3.68. The summed E-state index contributed by atoms with van der Waals surface area (Å²) in [6.07, 6.45) is 4.18. The smallest absolute Gasteiger partial charge is 0.359 e. The molecule has 0 amide bonds. The molecule has 0 spiro atoms. The van der Waals surface area contributed by atoms with Crippen molar-refractivity contribution in [3.8, 4) is 11.3 Å². The molecule has 0 aliphatic carbocycles. The summed E-state index contributed by atoms with van der Waals surface area (Å²) in [5.74, 6) is -0.309. The summed E-state index contributed by atoms with van der Waals surface area (Å²) >= 11 is 0. The molecule has 3 heterocycles. The molecule has 0 saturated heterocycles. The third-order valence-corrected chi connectivity index (χ3v) is 3.56. The third-order valence-electron chi connectivity index (χ3n) is 3.56. The van der Waals surface area contributed by atoms with Crippen molar-refractivity contribution >= 4 is 5.97 Å². The van der Waals surface area contributed by atoms with E-state index in [4.69, 9.17) is 4.74 Å². The molecule has 2 aromatic heterocycles. The molecule has 6 heteroatoms. The molecule has 1 aliphatic rings. The second kappa shape index (κ2) is 5.63. The first-order chi connectivity index (χ1) is 10.2. The third kappa shape index (κ3) is 2.41. The largest absolute Gasteiger partial charge is 0.461 e. The quantitative estimate of drug-likeness (QED) is 0.644. The van der Waals surface area contributed by atoms with Gasteiger partial charge in [0.1, 0.15) is 5.82 Å². The lowest BCUT2D eigenvalue weighted by atomic mass is 10.1. The van der Waals surface area contributed by atoms with Crippen LogP contribution in [-0.2, 0) is 17.7 Å². The number of nitrogens with zero attached hydrogens (tertiary/aromatic N) is 3. The molecule has 0 unspecified atom stereocenters. The highest BCUT2D eigenvalue weighted by Crippen LogP contribution is 2.30. The van der Waals surface area contributed by atoms with E-state index in [0.717, 1.165) is 31.6 Å². The van der Waals surface area contributed by atoms with Crippen molar-refractivity contribution in [3.63, 3.8) is 0 Å². The maximum Gasteiger partial charge on any atom is 0.359 e. The molecule has 1 aliphatic heterocycles. The second-order valence-corrected chi connectivity index (χ2v) is 4.90. The first kappa shape index (κ1) is 13.7. The van der Waals surface area contributed by atoms with E-state index in [1.54, 1.807) is 19.1 Å². The lowest BCUT2D eigenvalue weighted by Crippen LogP contribution is -2.12. The maximum absolute atomic E-state index is 14.0. The monoisotopic (exact) mass is 289 g/mol. The predicted molar refractivity (Wildman–Crippen MR) is 74.3 cm³/mol. The van der Waals surface area contributed by atoms with Crippen LogP contribution in [0, 0.1) is 5.95 Å². The van der Waals surface area contributed by atoms with Gasteiger partial charge in [0, 0.05) is 19.2 Å². The van der Waals surface area contributed by atoms with Crippen LogP contribution in [-0.4, -0.2) is 27.1 Å². The molecule has 0 bridgehead atoms. The summed E-state index contributed by atoms with van der Waals surface area (Å²) < 4.78 is 21.0. The van der Waals surface area contributed by atoms with E-state index >= 15 is 0 Å². The summed E-state index contributed by atoms with van der Waals surface area (Å²) in [7, 11) is 0. The summed E-state index contributed by atoms with van der Waals surface area (Å²) in [4.78, 5) is 20.2. The lowest BCUT2D eigenvalue weighted by Gasteiger charge is -2.16. The van der Waals surface area contributed by atoms with Crippen LogP contribution in [0.2, 0.25) is 0 Å². The Morgan fingerprint density at radius 3 is 3.10 bits per heavy atom. The number of hydrogen-bond donors (Lipinski definition) is 0. The van der Waals surface area contributed by atoms with E-state index in [-0.39, 0.29) is 12.3 Å². The van der Waals surface area contributed by atoms with Crippen molar-refractivity contribution in [1.82, 2.24) is 14.5 Å². The molecule has 2 aromatic rings. The van der Waals surface area contributed by atoms with E-state index in [1.807, 2.05) is 4.57 Å². The number of esters is 1. The Labute approximate surface area is 121 Å². The van der Waals surface area contributed by atoms with Gasteiger partial charge < -0.3 is 9.30 Å². The zero-order valence-electron chi connectivity index (χ0n) is 11.8. The van der Waals surface area contributed by atoms with Gasteiger partial charge in [0.25, 0.3) is 0 Å². The van der Waals surface area contributed by atoms with Crippen LogP contribution in [0.1, 0.15) is 36.1 Å². The molecule has 0 aromatic carbocycles. The van der Waals surface area contributed by atoms with E-state index < -0.39 is 11.9 Å². The lowest BCUT2D eigenvalue weighted by molar-refractivity contribution is 0.0521. The standard InChI is InChI=1S/C15H16FN3O2/c1-2-21-15(20)12-13(10-6-5-8-17-14(10)16)19-9-4-3-7-11(19)18-12/h5-6,8H,2-4,7,9H2,1H3. The van der Waals surface area contributed by atoms with Crippen LogP contribution >= 0.6 is 0 Å². The molecule has 5 nitrogen and oxygen atoms in total. The average molecular weight is 289 g/mol. The molecular formula is C15H16FN3O2. The van der Waals surface area contributed by atoms with E-state index in [0.29, 0.717) is 11.3 Å². The van der Waals surface area contributed by atoms with Gasteiger partial charge in [0.05, 0.1) is 17.9 Å². The van der Waals surface area contributed by atoms with Crippen molar-refractivity contribution in [2.75, 3.05) is 6.61 Å². The average Bonchev–Trinajstić information content (AvgIpc) is 2.87. The van der Waals surface area contributed by atoms with Gasteiger partial charge in [-0.1, -0.05) is 0 Å².